The Bertz CT molecular complexity index is 527. The molecule has 2 aliphatic heterocycles. The third-order valence-corrected chi connectivity index (χ3v) is 4.39. The van der Waals surface area contributed by atoms with Gasteiger partial charge < -0.3 is 14.2 Å². The van der Waals surface area contributed by atoms with Gasteiger partial charge in [0.2, 0.25) is 0 Å². The summed E-state index contributed by atoms with van der Waals surface area (Å²) in [4.78, 5) is 0. The van der Waals surface area contributed by atoms with E-state index < -0.39 is 23.0 Å². The van der Waals surface area contributed by atoms with Crippen molar-refractivity contribution in [1.29, 1.82) is 0 Å². The standard InChI is InChI=1S/C14H14F2O3/c15-9-1-2-11(16)10(7-9)14-4-3-13(8-12(14)19-14)17-5-6-18-13/h1-2,7,12H,3-6,8H2/t12-,14-/m0/s1. The maximum absolute atomic E-state index is 13.9. The molecule has 2 heterocycles. The maximum atomic E-state index is 13.9. The van der Waals surface area contributed by atoms with Crippen LogP contribution in [0.15, 0.2) is 18.2 Å². The molecule has 1 spiro atoms. The van der Waals surface area contributed by atoms with Crippen molar-refractivity contribution in [3.8, 4) is 0 Å². The van der Waals surface area contributed by atoms with Crippen molar-refractivity contribution in [3.63, 3.8) is 0 Å². The molecule has 3 fully saturated rings. The van der Waals surface area contributed by atoms with Gasteiger partial charge in [-0.15, -0.1) is 0 Å². The Morgan fingerprint density at radius 1 is 1.11 bits per heavy atom. The molecule has 0 radical (unpaired) electrons. The summed E-state index contributed by atoms with van der Waals surface area (Å²) in [5.41, 5.74) is -0.349. The van der Waals surface area contributed by atoms with Gasteiger partial charge in [0.1, 0.15) is 17.2 Å². The lowest BCUT2D eigenvalue weighted by Crippen LogP contribution is -2.39. The molecular formula is C14H14F2O3. The van der Waals surface area contributed by atoms with Crippen LogP contribution in [0.3, 0.4) is 0 Å². The summed E-state index contributed by atoms with van der Waals surface area (Å²) < 4.78 is 44.2. The Morgan fingerprint density at radius 2 is 1.89 bits per heavy atom. The zero-order chi connectivity index (χ0) is 13.1. The summed E-state index contributed by atoms with van der Waals surface area (Å²) in [5.74, 6) is -1.41. The zero-order valence-corrected chi connectivity index (χ0v) is 10.3. The van der Waals surface area contributed by atoms with E-state index in [4.69, 9.17) is 14.2 Å². The van der Waals surface area contributed by atoms with Crippen LogP contribution in [0.5, 0.6) is 0 Å². The molecule has 0 aromatic heterocycles. The molecule has 2 saturated heterocycles. The second kappa shape index (κ2) is 3.75. The number of epoxide rings is 1. The van der Waals surface area contributed by atoms with Crippen LogP contribution in [-0.2, 0) is 19.8 Å². The monoisotopic (exact) mass is 268 g/mol. The molecule has 0 amide bonds. The number of fused-ring (bicyclic) bond motifs is 1. The van der Waals surface area contributed by atoms with Crippen LogP contribution < -0.4 is 0 Å². The van der Waals surface area contributed by atoms with Crippen molar-refractivity contribution < 1.29 is 23.0 Å². The summed E-state index contributed by atoms with van der Waals surface area (Å²) in [7, 11) is 0. The van der Waals surface area contributed by atoms with Gasteiger partial charge in [0.25, 0.3) is 0 Å². The lowest BCUT2D eigenvalue weighted by molar-refractivity contribution is -0.175. The SMILES string of the molecule is Fc1ccc(F)c([C@@]23CCC4(C[C@@H]2O3)OCCO4)c1. The van der Waals surface area contributed by atoms with Gasteiger partial charge in [0.15, 0.2) is 5.79 Å². The van der Waals surface area contributed by atoms with Crippen molar-refractivity contribution in [2.24, 2.45) is 0 Å². The van der Waals surface area contributed by atoms with Crippen molar-refractivity contribution in [2.75, 3.05) is 13.2 Å². The Hall–Kier alpha value is -1.04. The Kier molecular flexibility index (Phi) is 2.32. The first-order valence-electron chi connectivity index (χ1n) is 6.55. The van der Waals surface area contributed by atoms with Gasteiger partial charge >= 0.3 is 0 Å². The van der Waals surface area contributed by atoms with E-state index in [-0.39, 0.29) is 6.10 Å². The van der Waals surface area contributed by atoms with E-state index in [0.29, 0.717) is 38.0 Å². The van der Waals surface area contributed by atoms with Gasteiger partial charge in [-0.25, -0.2) is 8.78 Å². The summed E-state index contributed by atoms with van der Waals surface area (Å²) in [6, 6.07) is 3.52. The quantitative estimate of drug-likeness (QED) is 0.733. The predicted octanol–water partition coefficient (Wildman–Crippen LogP) is 2.49. The van der Waals surface area contributed by atoms with Crippen LogP contribution in [0, 0.1) is 11.6 Å². The van der Waals surface area contributed by atoms with Gasteiger partial charge in [-0.1, -0.05) is 0 Å². The zero-order valence-electron chi connectivity index (χ0n) is 10.3. The molecule has 1 aromatic rings. The van der Waals surface area contributed by atoms with E-state index in [9.17, 15) is 8.78 Å². The van der Waals surface area contributed by atoms with Gasteiger partial charge in [-0.05, 0) is 24.6 Å². The third kappa shape index (κ3) is 1.65. The highest BCUT2D eigenvalue weighted by Gasteiger charge is 2.65. The largest absolute Gasteiger partial charge is 0.361 e. The predicted molar refractivity (Wildman–Crippen MR) is 61.4 cm³/mol. The van der Waals surface area contributed by atoms with E-state index >= 15 is 0 Å². The van der Waals surface area contributed by atoms with E-state index in [0.717, 1.165) is 12.1 Å². The van der Waals surface area contributed by atoms with E-state index in [1.165, 1.54) is 6.07 Å². The number of rotatable bonds is 1. The first-order chi connectivity index (χ1) is 9.14. The minimum atomic E-state index is -0.674. The summed E-state index contributed by atoms with van der Waals surface area (Å²) in [5, 5.41) is 0. The van der Waals surface area contributed by atoms with Gasteiger partial charge in [-0.3, -0.25) is 0 Å². The molecule has 1 saturated carbocycles. The minimum Gasteiger partial charge on any atom is -0.361 e. The van der Waals surface area contributed by atoms with Crippen LogP contribution in [0.4, 0.5) is 8.78 Å². The molecule has 2 atom stereocenters. The van der Waals surface area contributed by atoms with E-state index in [1.807, 2.05) is 0 Å². The number of halogens is 2. The fraction of sp³-hybridized carbons (Fsp3) is 0.571. The van der Waals surface area contributed by atoms with Crippen LogP contribution in [0.2, 0.25) is 0 Å². The first-order valence-corrected chi connectivity index (χ1v) is 6.55. The highest BCUT2D eigenvalue weighted by Crippen LogP contribution is 2.59. The van der Waals surface area contributed by atoms with Crippen molar-refractivity contribution in [3.05, 3.63) is 35.4 Å². The lowest BCUT2D eigenvalue weighted by atomic mass is 9.80. The number of hydrogen-bond acceptors (Lipinski definition) is 3. The topological polar surface area (TPSA) is 31.0 Å². The smallest absolute Gasteiger partial charge is 0.171 e. The third-order valence-electron chi connectivity index (χ3n) is 4.39. The van der Waals surface area contributed by atoms with Crippen LogP contribution >= 0.6 is 0 Å². The maximum Gasteiger partial charge on any atom is 0.171 e. The number of ether oxygens (including phenoxy) is 3. The van der Waals surface area contributed by atoms with Gasteiger partial charge in [-0.2, -0.15) is 0 Å². The number of hydrogen-bond donors (Lipinski definition) is 0. The Balaban J connectivity index is 1.63. The van der Waals surface area contributed by atoms with Crippen LogP contribution in [-0.4, -0.2) is 25.1 Å². The summed E-state index contributed by atoms with van der Waals surface area (Å²) in [6.07, 6.45) is 1.69. The molecule has 102 valence electrons. The van der Waals surface area contributed by atoms with Crippen LogP contribution in [0.25, 0.3) is 0 Å². The fourth-order valence-corrected chi connectivity index (χ4v) is 3.36. The highest BCUT2D eigenvalue weighted by molar-refractivity contribution is 5.33. The summed E-state index contributed by atoms with van der Waals surface area (Å²) in [6.45, 7) is 1.18. The molecule has 3 nitrogen and oxygen atoms in total. The normalized spacial score (nSPS) is 35.4. The van der Waals surface area contributed by atoms with Crippen molar-refractivity contribution in [2.45, 2.75) is 36.8 Å². The molecule has 3 aliphatic rings. The highest BCUT2D eigenvalue weighted by atomic mass is 19.1. The molecule has 1 aliphatic carbocycles. The van der Waals surface area contributed by atoms with Crippen molar-refractivity contribution in [1.82, 2.24) is 0 Å². The molecule has 0 N–H and O–H groups in total. The van der Waals surface area contributed by atoms with Gasteiger partial charge in [0.05, 0.1) is 19.3 Å². The lowest BCUT2D eigenvalue weighted by Gasteiger charge is -2.32. The molecular weight excluding hydrogens is 254 g/mol. The average Bonchev–Trinajstić information content (AvgIpc) is 2.94. The fourth-order valence-electron chi connectivity index (χ4n) is 3.36. The second-order valence-corrected chi connectivity index (χ2v) is 5.43. The summed E-state index contributed by atoms with van der Waals surface area (Å²) >= 11 is 0. The molecule has 1 aromatic carbocycles. The van der Waals surface area contributed by atoms with Gasteiger partial charge in [0, 0.05) is 18.4 Å². The second-order valence-electron chi connectivity index (χ2n) is 5.43. The van der Waals surface area contributed by atoms with Crippen molar-refractivity contribution >= 4 is 0 Å². The molecule has 0 unspecified atom stereocenters. The number of benzene rings is 1. The Morgan fingerprint density at radius 3 is 2.63 bits per heavy atom. The molecule has 0 bridgehead atoms. The minimum absolute atomic E-state index is 0.143. The average molecular weight is 268 g/mol. The van der Waals surface area contributed by atoms with E-state index in [2.05, 4.69) is 0 Å². The molecule has 19 heavy (non-hydrogen) atoms. The molecule has 4 rings (SSSR count). The first kappa shape index (κ1) is 11.8. The Labute approximate surface area is 109 Å². The van der Waals surface area contributed by atoms with E-state index in [1.54, 1.807) is 0 Å². The molecule has 5 heteroatoms. The van der Waals surface area contributed by atoms with Crippen LogP contribution in [0.1, 0.15) is 24.8 Å².